The van der Waals surface area contributed by atoms with Crippen molar-refractivity contribution in [3.8, 4) is 0 Å². The number of nitrogens with one attached hydrogen (secondary N) is 1. The number of unbranched alkanes of at least 4 members (excludes halogenated alkanes) is 2. The maximum absolute atomic E-state index is 11.3. The van der Waals surface area contributed by atoms with E-state index in [9.17, 15) is 20.1 Å². The van der Waals surface area contributed by atoms with E-state index in [4.69, 9.17) is 14.2 Å². The Hall–Kier alpha value is -1.03. The van der Waals surface area contributed by atoms with Crippen molar-refractivity contribution in [2.45, 2.75) is 56.8 Å². The largest absolute Gasteiger partial charge is 0.394 e. The second kappa shape index (κ2) is 11.5. The second-order valence-electron chi connectivity index (χ2n) is 5.73. The number of hydrogen-bond donors (Lipinski definition) is 4. The molecular weight excluding hydrogens is 318 g/mol. The van der Waals surface area contributed by atoms with E-state index in [2.05, 4.69) is 11.9 Å². The van der Waals surface area contributed by atoms with Crippen LogP contribution in [0.15, 0.2) is 12.7 Å². The highest BCUT2D eigenvalue weighted by Gasteiger charge is 2.45. The standard InChI is InChI=1S/C16H29NO7/c1-3-7-22-8-5-4-6-9-23-16-13(17-11(2)19)15(21)14(20)12(10-18)24-16/h3,12-16,18,20-21H,1,4-10H2,2H3,(H,17,19)/t12-,13-,14-,15-,16-/m1/s1. The number of carbonyl (C=O) groups excluding carboxylic acids is 1. The van der Waals surface area contributed by atoms with E-state index in [1.165, 1.54) is 6.92 Å². The van der Waals surface area contributed by atoms with E-state index < -0.39 is 37.3 Å². The lowest BCUT2D eigenvalue weighted by Gasteiger charge is -2.42. The molecule has 0 aromatic heterocycles. The number of carbonyl (C=O) groups is 1. The molecule has 0 aromatic rings. The van der Waals surface area contributed by atoms with Gasteiger partial charge in [-0.1, -0.05) is 6.08 Å². The average molecular weight is 347 g/mol. The summed E-state index contributed by atoms with van der Waals surface area (Å²) in [5.41, 5.74) is 0. The molecule has 0 radical (unpaired) electrons. The maximum atomic E-state index is 11.3. The summed E-state index contributed by atoms with van der Waals surface area (Å²) in [7, 11) is 0. The topological polar surface area (TPSA) is 117 Å². The van der Waals surface area contributed by atoms with Gasteiger partial charge in [0.05, 0.1) is 13.2 Å². The Bertz CT molecular complexity index is 379. The highest BCUT2D eigenvalue weighted by molar-refractivity contribution is 5.73. The molecule has 0 saturated carbocycles. The van der Waals surface area contributed by atoms with Gasteiger partial charge in [-0.2, -0.15) is 0 Å². The number of rotatable bonds is 11. The predicted octanol–water partition coefficient (Wildman–Crippen LogP) is -0.680. The first-order valence-electron chi connectivity index (χ1n) is 8.21. The molecule has 24 heavy (non-hydrogen) atoms. The van der Waals surface area contributed by atoms with Crippen molar-refractivity contribution in [3.05, 3.63) is 12.7 Å². The van der Waals surface area contributed by atoms with Gasteiger partial charge >= 0.3 is 0 Å². The molecule has 1 saturated heterocycles. The lowest BCUT2D eigenvalue weighted by molar-refractivity contribution is -0.270. The van der Waals surface area contributed by atoms with Crippen LogP contribution in [-0.4, -0.2) is 78.3 Å². The van der Waals surface area contributed by atoms with Crippen LogP contribution in [0.5, 0.6) is 0 Å². The van der Waals surface area contributed by atoms with E-state index in [1.54, 1.807) is 6.08 Å². The zero-order valence-corrected chi connectivity index (χ0v) is 14.1. The first kappa shape index (κ1) is 21.0. The fourth-order valence-electron chi connectivity index (χ4n) is 2.46. The molecule has 0 unspecified atom stereocenters. The van der Waals surface area contributed by atoms with Crippen LogP contribution in [0.4, 0.5) is 0 Å². The summed E-state index contributed by atoms with van der Waals surface area (Å²) >= 11 is 0. The monoisotopic (exact) mass is 347 g/mol. The molecule has 8 nitrogen and oxygen atoms in total. The molecule has 0 aromatic carbocycles. The highest BCUT2D eigenvalue weighted by atomic mass is 16.7. The zero-order valence-electron chi connectivity index (χ0n) is 14.1. The highest BCUT2D eigenvalue weighted by Crippen LogP contribution is 2.22. The van der Waals surface area contributed by atoms with Crippen LogP contribution in [0.25, 0.3) is 0 Å². The third kappa shape index (κ3) is 6.84. The fraction of sp³-hybridized carbons (Fsp3) is 0.812. The van der Waals surface area contributed by atoms with Crippen LogP contribution < -0.4 is 5.32 Å². The van der Waals surface area contributed by atoms with Crippen molar-refractivity contribution >= 4 is 5.91 Å². The molecule has 1 fully saturated rings. The fourth-order valence-corrected chi connectivity index (χ4v) is 2.46. The van der Waals surface area contributed by atoms with Crippen molar-refractivity contribution in [3.63, 3.8) is 0 Å². The first-order valence-corrected chi connectivity index (χ1v) is 8.21. The Morgan fingerprint density at radius 2 is 1.96 bits per heavy atom. The summed E-state index contributed by atoms with van der Waals surface area (Å²) in [5, 5.41) is 31.7. The molecule has 5 atom stereocenters. The molecule has 1 aliphatic rings. The van der Waals surface area contributed by atoms with Gasteiger partial charge in [0.25, 0.3) is 0 Å². The van der Waals surface area contributed by atoms with E-state index in [-0.39, 0.29) is 5.91 Å². The minimum Gasteiger partial charge on any atom is -0.394 e. The number of amides is 1. The zero-order chi connectivity index (χ0) is 17.9. The van der Waals surface area contributed by atoms with Crippen LogP contribution in [0, 0.1) is 0 Å². The summed E-state index contributed by atoms with van der Waals surface area (Å²) in [6, 6.07) is -0.892. The van der Waals surface area contributed by atoms with Crippen LogP contribution >= 0.6 is 0 Å². The Morgan fingerprint density at radius 1 is 1.25 bits per heavy atom. The summed E-state index contributed by atoms with van der Waals surface area (Å²) in [6.45, 7) is 5.97. The smallest absolute Gasteiger partial charge is 0.217 e. The van der Waals surface area contributed by atoms with E-state index >= 15 is 0 Å². The van der Waals surface area contributed by atoms with Gasteiger partial charge in [-0.15, -0.1) is 6.58 Å². The van der Waals surface area contributed by atoms with Crippen LogP contribution in [0.2, 0.25) is 0 Å². The molecule has 1 rings (SSSR count). The van der Waals surface area contributed by atoms with Gasteiger partial charge in [-0.3, -0.25) is 4.79 Å². The van der Waals surface area contributed by atoms with Gasteiger partial charge < -0.3 is 34.8 Å². The van der Waals surface area contributed by atoms with Crippen molar-refractivity contribution < 1.29 is 34.3 Å². The van der Waals surface area contributed by atoms with Crippen LogP contribution in [0.1, 0.15) is 26.2 Å². The molecule has 140 valence electrons. The second-order valence-corrected chi connectivity index (χ2v) is 5.73. The van der Waals surface area contributed by atoms with E-state index in [0.717, 1.165) is 19.3 Å². The van der Waals surface area contributed by atoms with Crippen LogP contribution in [0.3, 0.4) is 0 Å². The molecule has 1 heterocycles. The summed E-state index contributed by atoms with van der Waals surface area (Å²) in [5.74, 6) is -0.370. The van der Waals surface area contributed by atoms with Gasteiger partial charge in [0, 0.05) is 20.1 Å². The normalized spacial score (nSPS) is 30.1. The van der Waals surface area contributed by atoms with Gasteiger partial charge in [0.1, 0.15) is 24.4 Å². The molecule has 0 spiro atoms. The lowest BCUT2D eigenvalue weighted by Crippen LogP contribution is -2.64. The quantitative estimate of drug-likeness (QED) is 0.289. The van der Waals surface area contributed by atoms with Crippen LogP contribution in [-0.2, 0) is 19.0 Å². The SMILES string of the molecule is C=CCOCCCCCO[C@@H]1O[C@H](CO)[C@@H](O)[C@H](O)[C@H]1NC(C)=O. The van der Waals surface area contributed by atoms with Crippen molar-refractivity contribution in [2.75, 3.05) is 26.4 Å². The summed E-state index contributed by atoms with van der Waals surface area (Å²) < 4.78 is 16.3. The number of hydrogen-bond acceptors (Lipinski definition) is 7. The Morgan fingerprint density at radius 3 is 2.58 bits per heavy atom. The molecule has 0 bridgehead atoms. The molecule has 8 heteroatoms. The van der Waals surface area contributed by atoms with Crippen molar-refractivity contribution in [1.82, 2.24) is 5.32 Å². The molecule has 4 N–H and O–H groups in total. The maximum Gasteiger partial charge on any atom is 0.217 e. The third-order valence-corrected chi connectivity index (χ3v) is 3.70. The predicted molar refractivity (Wildman–Crippen MR) is 86.2 cm³/mol. The minimum atomic E-state index is -1.30. The average Bonchev–Trinajstić information content (AvgIpc) is 2.55. The number of ether oxygens (including phenoxy) is 3. The molecule has 1 amide bonds. The molecule has 0 aliphatic carbocycles. The molecule has 1 aliphatic heterocycles. The van der Waals surface area contributed by atoms with E-state index in [1.807, 2.05) is 0 Å². The number of aliphatic hydroxyl groups excluding tert-OH is 3. The lowest BCUT2D eigenvalue weighted by atomic mass is 9.97. The van der Waals surface area contributed by atoms with Gasteiger partial charge in [-0.05, 0) is 19.3 Å². The Kier molecular flexibility index (Phi) is 10.1. The van der Waals surface area contributed by atoms with Gasteiger partial charge in [0.2, 0.25) is 5.91 Å². The van der Waals surface area contributed by atoms with E-state index in [0.29, 0.717) is 19.8 Å². The van der Waals surface area contributed by atoms with Crippen molar-refractivity contribution in [2.24, 2.45) is 0 Å². The minimum absolute atomic E-state index is 0.364. The summed E-state index contributed by atoms with van der Waals surface area (Å²) in [4.78, 5) is 11.3. The Labute approximate surface area is 142 Å². The first-order chi connectivity index (χ1) is 11.5. The van der Waals surface area contributed by atoms with Gasteiger partial charge in [0.15, 0.2) is 6.29 Å². The Balaban J connectivity index is 2.40. The number of aliphatic hydroxyl groups is 3. The van der Waals surface area contributed by atoms with Crippen molar-refractivity contribution in [1.29, 1.82) is 0 Å². The van der Waals surface area contributed by atoms with Gasteiger partial charge in [-0.25, -0.2) is 0 Å². The molecular formula is C16H29NO7. The third-order valence-electron chi connectivity index (χ3n) is 3.70. The summed E-state index contributed by atoms with van der Waals surface area (Å²) in [6.07, 6.45) is -0.230.